The van der Waals surface area contributed by atoms with Crippen molar-refractivity contribution in [3.63, 3.8) is 0 Å². The highest BCUT2D eigenvalue weighted by molar-refractivity contribution is 9.10. The van der Waals surface area contributed by atoms with E-state index in [-0.39, 0.29) is 18.5 Å². The van der Waals surface area contributed by atoms with Crippen molar-refractivity contribution in [1.82, 2.24) is 0 Å². The molecule has 37 heavy (non-hydrogen) atoms. The highest BCUT2D eigenvalue weighted by atomic mass is 79.9. The van der Waals surface area contributed by atoms with Crippen LogP contribution in [-0.2, 0) is 6.61 Å². The molecule has 1 heterocycles. The summed E-state index contributed by atoms with van der Waals surface area (Å²) in [6.45, 7) is 0.151. The molecule has 2 aliphatic rings. The topological polar surface area (TPSA) is 33.6 Å². The van der Waals surface area contributed by atoms with Gasteiger partial charge in [0, 0.05) is 33.4 Å². The highest BCUT2D eigenvalue weighted by Crippen LogP contribution is 2.49. The molecular formula is C32H26BrFN2O. The van der Waals surface area contributed by atoms with E-state index < -0.39 is 0 Å². The first-order valence-corrected chi connectivity index (χ1v) is 13.3. The smallest absolute Gasteiger partial charge is 0.129 e. The fourth-order valence-electron chi connectivity index (χ4n) is 5.31. The summed E-state index contributed by atoms with van der Waals surface area (Å²) < 4.78 is 20.9. The van der Waals surface area contributed by atoms with Gasteiger partial charge in [-0.25, -0.2) is 4.39 Å². The van der Waals surface area contributed by atoms with Gasteiger partial charge in [-0.05, 0) is 65.9 Å². The Morgan fingerprint density at radius 1 is 0.973 bits per heavy atom. The average Bonchev–Trinajstić information content (AvgIpc) is 3.43. The van der Waals surface area contributed by atoms with E-state index in [4.69, 9.17) is 9.73 Å². The number of aliphatic imine (C=N–C) groups is 1. The fourth-order valence-corrected chi connectivity index (χ4v) is 5.69. The number of ether oxygens (including phenoxy) is 1. The summed E-state index contributed by atoms with van der Waals surface area (Å²) in [7, 11) is 0. The lowest BCUT2D eigenvalue weighted by Gasteiger charge is -2.37. The SMILES string of the molecule is Fc1ccccc1COc1ccc(Br)cc1C=Nc1ccc([C@@H]2Nc3ccccc3[C@@H]3C=CC[C@H]32)cc1. The molecule has 0 spiro atoms. The Hall–Kier alpha value is -3.70. The molecule has 6 rings (SSSR count). The van der Waals surface area contributed by atoms with Gasteiger partial charge in [-0.3, -0.25) is 4.99 Å². The van der Waals surface area contributed by atoms with E-state index in [0.717, 1.165) is 22.1 Å². The number of nitrogens with one attached hydrogen (secondary N) is 1. The largest absolute Gasteiger partial charge is 0.488 e. The number of benzene rings is 4. The summed E-state index contributed by atoms with van der Waals surface area (Å²) >= 11 is 3.53. The van der Waals surface area contributed by atoms with Gasteiger partial charge >= 0.3 is 0 Å². The number of hydrogen-bond acceptors (Lipinski definition) is 3. The second-order valence-electron chi connectivity index (χ2n) is 9.47. The second-order valence-corrected chi connectivity index (χ2v) is 10.4. The highest BCUT2D eigenvalue weighted by Gasteiger charge is 2.37. The van der Waals surface area contributed by atoms with Gasteiger partial charge in [0.1, 0.15) is 18.2 Å². The molecule has 1 aliphatic carbocycles. The van der Waals surface area contributed by atoms with Crippen LogP contribution in [0.2, 0.25) is 0 Å². The van der Waals surface area contributed by atoms with Crippen LogP contribution in [0, 0.1) is 11.7 Å². The van der Waals surface area contributed by atoms with Crippen molar-refractivity contribution in [2.45, 2.75) is 25.0 Å². The van der Waals surface area contributed by atoms with E-state index in [1.165, 1.54) is 22.9 Å². The van der Waals surface area contributed by atoms with Crippen LogP contribution in [0.5, 0.6) is 5.75 Å². The zero-order chi connectivity index (χ0) is 25.2. The second kappa shape index (κ2) is 10.3. The van der Waals surface area contributed by atoms with Crippen molar-refractivity contribution in [3.05, 3.63) is 136 Å². The lowest BCUT2D eigenvalue weighted by molar-refractivity contribution is 0.299. The number of halogens is 2. The van der Waals surface area contributed by atoms with Crippen LogP contribution in [0.25, 0.3) is 0 Å². The van der Waals surface area contributed by atoms with E-state index in [1.807, 2.05) is 18.2 Å². The minimum absolute atomic E-state index is 0.151. The van der Waals surface area contributed by atoms with E-state index >= 15 is 0 Å². The standard InChI is InChI=1S/C32H26BrFN2O/c33-24-14-17-31(37-20-22-6-1-3-10-29(22)34)23(18-24)19-35-25-15-12-21(13-16-25)32-28-9-5-8-26(28)27-7-2-4-11-30(27)36-32/h1-8,10-19,26,28,32,36H,9,20H2/t26-,28+,32-/m0/s1. The van der Waals surface area contributed by atoms with E-state index in [1.54, 1.807) is 24.4 Å². The van der Waals surface area contributed by atoms with Crippen LogP contribution < -0.4 is 10.1 Å². The minimum atomic E-state index is -0.273. The van der Waals surface area contributed by atoms with Crippen LogP contribution in [0.1, 0.15) is 40.6 Å². The van der Waals surface area contributed by atoms with Gasteiger partial charge in [-0.2, -0.15) is 0 Å². The molecule has 0 fully saturated rings. The molecular weight excluding hydrogens is 527 g/mol. The quantitative estimate of drug-likeness (QED) is 0.191. The molecule has 184 valence electrons. The van der Waals surface area contributed by atoms with Crippen molar-refractivity contribution in [3.8, 4) is 5.75 Å². The maximum absolute atomic E-state index is 14.0. The first kappa shape index (κ1) is 23.7. The lowest BCUT2D eigenvalue weighted by atomic mass is 9.77. The maximum atomic E-state index is 14.0. The Morgan fingerprint density at radius 3 is 2.65 bits per heavy atom. The molecule has 1 aliphatic heterocycles. The first-order valence-electron chi connectivity index (χ1n) is 12.5. The van der Waals surface area contributed by atoms with Crippen LogP contribution in [0.15, 0.2) is 113 Å². The molecule has 3 atom stereocenters. The minimum Gasteiger partial charge on any atom is -0.488 e. The summed E-state index contributed by atoms with van der Waals surface area (Å²) in [5.74, 6) is 1.35. The molecule has 4 aromatic carbocycles. The number of hydrogen-bond donors (Lipinski definition) is 1. The Kier molecular flexibility index (Phi) is 6.62. The van der Waals surface area contributed by atoms with Crippen molar-refractivity contribution < 1.29 is 9.13 Å². The third-order valence-corrected chi connectivity index (χ3v) is 7.68. The van der Waals surface area contributed by atoms with Crippen LogP contribution in [0.3, 0.4) is 0 Å². The van der Waals surface area contributed by atoms with Crippen molar-refractivity contribution in [2.24, 2.45) is 10.9 Å². The van der Waals surface area contributed by atoms with Crippen molar-refractivity contribution >= 4 is 33.5 Å². The predicted octanol–water partition coefficient (Wildman–Crippen LogP) is 8.74. The van der Waals surface area contributed by atoms with Gasteiger partial charge in [-0.1, -0.05) is 76.6 Å². The summed E-state index contributed by atoms with van der Waals surface area (Å²) in [6, 6.07) is 29.7. The Balaban J connectivity index is 1.19. The molecule has 4 aromatic rings. The third-order valence-electron chi connectivity index (χ3n) is 7.19. The molecule has 3 nitrogen and oxygen atoms in total. The Labute approximate surface area is 224 Å². The summed E-state index contributed by atoms with van der Waals surface area (Å²) in [4.78, 5) is 4.71. The van der Waals surface area contributed by atoms with Gasteiger partial charge in [0.15, 0.2) is 0 Å². The van der Waals surface area contributed by atoms with Gasteiger partial charge in [0.25, 0.3) is 0 Å². The zero-order valence-corrected chi connectivity index (χ0v) is 21.7. The van der Waals surface area contributed by atoms with Crippen LogP contribution >= 0.6 is 15.9 Å². The van der Waals surface area contributed by atoms with E-state index in [0.29, 0.717) is 23.1 Å². The van der Waals surface area contributed by atoms with Gasteiger partial charge in [0.2, 0.25) is 0 Å². The van der Waals surface area contributed by atoms with Gasteiger partial charge < -0.3 is 10.1 Å². The average molecular weight is 553 g/mol. The molecule has 1 N–H and O–H groups in total. The number of fused-ring (bicyclic) bond motifs is 3. The summed E-state index contributed by atoms with van der Waals surface area (Å²) in [5.41, 5.74) is 6.08. The molecule has 0 saturated heterocycles. The molecule has 0 bridgehead atoms. The Bertz CT molecular complexity index is 1480. The maximum Gasteiger partial charge on any atom is 0.129 e. The summed E-state index contributed by atoms with van der Waals surface area (Å²) in [6.07, 6.45) is 7.55. The predicted molar refractivity (Wildman–Crippen MR) is 151 cm³/mol. The number of para-hydroxylation sites is 1. The number of anilines is 1. The number of rotatable bonds is 6. The van der Waals surface area contributed by atoms with Crippen molar-refractivity contribution in [1.29, 1.82) is 0 Å². The zero-order valence-electron chi connectivity index (χ0n) is 20.1. The third kappa shape index (κ3) is 4.96. The first-order chi connectivity index (χ1) is 18.2. The van der Waals surface area contributed by atoms with E-state index in [9.17, 15) is 4.39 Å². The monoisotopic (exact) mass is 552 g/mol. The van der Waals surface area contributed by atoms with Gasteiger partial charge in [0.05, 0.1) is 11.7 Å². The Morgan fingerprint density at radius 2 is 1.78 bits per heavy atom. The molecule has 0 aromatic heterocycles. The number of allylic oxidation sites excluding steroid dienone is 2. The molecule has 0 radical (unpaired) electrons. The van der Waals surface area contributed by atoms with Crippen molar-refractivity contribution in [2.75, 3.05) is 5.32 Å². The number of nitrogens with zero attached hydrogens (tertiary/aromatic N) is 1. The molecule has 0 saturated carbocycles. The van der Waals surface area contributed by atoms with Crippen LogP contribution in [-0.4, -0.2) is 6.21 Å². The lowest BCUT2D eigenvalue weighted by Crippen LogP contribution is -2.28. The summed E-state index contributed by atoms with van der Waals surface area (Å²) in [5, 5.41) is 3.78. The fraction of sp³-hybridized carbons (Fsp3) is 0.156. The normalized spacial score (nSPS) is 19.9. The molecule has 0 unspecified atom stereocenters. The molecule has 0 amide bonds. The molecule has 5 heteroatoms. The van der Waals surface area contributed by atoms with Gasteiger partial charge in [-0.15, -0.1) is 0 Å². The van der Waals surface area contributed by atoms with E-state index in [2.05, 4.69) is 81.9 Å². The van der Waals surface area contributed by atoms with Crippen LogP contribution in [0.4, 0.5) is 15.8 Å².